The Morgan fingerprint density at radius 3 is 2.91 bits per heavy atom. The van der Waals surface area contributed by atoms with Gasteiger partial charge in [-0.05, 0) is 28.0 Å². The summed E-state index contributed by atoms with van der Waals surface area (Å²) >= 11 is 1.65. The number of nitrogens with zero attached hydrogens (tertiary/aromatic N) is 1. The van der Waals surface area contributed by atoms with Gasteiger partial charge in [0.25, 0.3) is 0 Å². The van der Waals surface area contributed by atoms with Crippen LogP contribution in [-0.2, 0) is 9.53 Å². The first kappa shape index (κ1) is 15.2. The van der Waals surface area contributed by atoms with Crippen molar-refractivity contribution >= 4 is 17.2 Å². The largest absolute Gasteiger partial charge is 0.370 e. The molecule has 0 aliphatic carbocycles. The number of ether oxygens (including phenoxy) is 1. The van der Waals surface area contributed by atoms with E-state index in [-0.39, 0.29) is 18.1 Å². The van der Waals surface area contributed by atoms with E-state index in [9.17, 15) is 4.79 Å². The van der Waals surface area contributed by atoms with E-state index < -0.39 is 0 Å². The molecule has 2 atom stereocenters. The van der Waals surface area contributed by atoms with Crippen LogP contribution >= 0.6 is 11.3 Å². The van der Waals surface area contributed by atoms with Crippen LogP contribution < -0.4 is 5.73 Å². The molecule has 0 saturated carbocycles. The highest BCUT2D eigenvalue weighted by Gasteiger charge is 2.26. The summed E-state index contributed by atoms with van der Waals surface area (Å²) in [7, 11) is 0. The first-order chi connectivity index (χ1) is 10.7. The number of hydrogen-bond donors (Lipinski definition) is 1. The van der Waals surface area contributed by atoms with Gasteiger partial charge in [-0.2, -0.15) is 11.3 Å². The van der Waals surface area contributed by atoms with Crippen molar-refractivity contribution in [2.75, 3.05) is 19.7 Å². The van der Waals surface area contributed by atoms with Crippen LogP contribution in [0.5, 0.6) is 0 Å². The van der Waals surface area contributed by atoms with E-state index in [2.05, 4.69) is 11.4 Å². The molecule has 2 N–H and O–H groups in total. The highest BCUT2D eigenvalue weighted by molar-refractivity contribution is 7.07. The summed E-state index contributed by atoms with van der Waals surface area (Å²) in [6, 6.07) is 11.6. The fourth-order valence-corrected chi connectivity index (χ4v) is 3.37. The molecule has 22 heavy (non-hydrogen) atoms. The molecule has 2 heterocycles. The molecule has 1 amide bonds. The number of amides is 1. The third kappa shape index (κ3) is 3.55. The Bertz CT molecular complexity index is 600. The van der Waals surface area contributed by atoms with Gasteiger partial charge in [0.2, 0.25) is 5.91 Å². The Morgan fingerprint density at radius 1 is 1.36 bits per heavy atom. The summed E-state index contributed by atoms with van der Waals surface area (Å²) in [6.45, 7) is 1.82. The summed E-state index contributed by atoms with van der Waals surface area (Å²) in [5, 5.41) is 4.11. The number of carbonyl (C=O) groups is 1. The Balaban J connectivity index is 1.60. The second kappa shape index (κ2) is 7.05. The first-order valence-corrected chi connectivity index (χ1v) is 8.40. The van der Waals surface area contributed by atoms with Crippen molar-refractivity contribution in [3.63, 3.8) is 0 Å². The average Bonchev–Trinajstić information content (AvgIpc) is 3.10. The minimum absolute atomic E-state index is 0.0168. The molecule has 0 bridgehead atoms. The monoisotopic (exact) mass is 316 g/mol. The Morgan fingerprint density at radius 2 is 2.18 bits per heavy atom. The lowest BCUT2D eigenvalue weighted by Gasteiger charge is -2.33. The number of rotatable bonds is 4. The fraction of sp³-hybridized carbons (Fsp3) is 0.353. The van der Waals surface area contributed by atoms with Crippen LogP contribution in [0, 0.1) is 0 Å². The minimum Gasteiger partial charge on any atom is -0.370 e. The van der Waals surface area contributed by atoms with Gasteiger partial charge in [0, 0.05) is 19.0 Å². The predicted molar refractivity (Wildman–Crippen MR) is 87.6 cm³/mol. The first-order valence-electron chi connectivity index (χ1n) is 7.46. The molecule has 1 saturated heterocycles. The molecule has 1 aromatic heterocycles. The molecule has 2 unspecified atom stereocenters. The van der Waals surface area contributed by atoms with Crippen molar-refractivity contribution < 1.29 is 9.53 Å². The smallest absolute Gasteiger partial charge is 0.224 e. The van der Waals surface area contributed by atoms with E-state index in [4.69, 9.17) is 10.5 Å². The van der Waals surface area contributed by atoms with Crippen LogP contribution in [0.1, 0.15) is 29.7 Å². The lowest BCUT2D eigenvalue weighted by Crippen LogP contribution is -2.43. The maximum Gasteiger partial charge on any atom is 0.224 e. The lowest BCUT2D eigenvalue weighted by atomic mass is 10.0. The van der Waals surface area contributed by atoms with Crippen molar-refractivity contribution in [1.29, 1.82) is 0 Å². The van der Waals surface area contributed by atoms with E-state index in [0.29, 0.717) is 26.1 Å². The van der Waals surface area contributed by atoms with E-state index in [1.807, 2.05) is 40.6 Å². The summed E-state index contributed by atoms with van der Waals surface area (Å²) < 4.78 is 5.77. The van der Waals surface area contributed by atoms with Gasteiger partial charge >= 0.3 is 0 Å². The van der Waals surface area contributed by atoms with Gasteiger partial charge in [-0.25, -0.2) is 0 Å². The summed E-state index contributed by atoms with van der Waals surface area (Å²) in [5.74, 6) is 0.0971. The van der Waals surface area contributed by atoms with E-state index >= 15 is 0 Å². The Kier molecular flexibility index (Phi) is 4.87. The van der Waals surface area contributed by atoms with E-state index in [1.54, 1.807) is 11.3 Å². The number of nitrogens with two attached hydrogens (primary N) is 1. The van der Waals surface area contributed by atoms with Crippen LogP contribution in [-0.4, -0.2) is 30.5 Å². The highest BCUT2D eigenvalue weighted by atomic mass is 32.1. The molecule has 5 heteroatoms. The van der Waals surface area contributed by atoms with E-state index in [1.165, 1.54) is 0 Å². The molecule has 2 aromatic rings. The van der Waals surface area contributed by atoms with Gasteiger partial charge in [0.15, 0.2) is 0 Å². The van der Waals surface area contributed by atoms with Gasteiger partial charge in [-0.15, -0.1) is 0 Å². The fourth-order valence-electron chi connectivity index (χ4n) is 2.67. The third-order valence-corrected chi connectivity index (χ3v) is 4.66. The zero-order valence-electron chi connectivity index (χ0n) is 12.4. The summed E-state index contributed by atoms with van der Waals surface area (Å²) in [4.78, 5) is 14.4. The molecular weight excluding hydrogens is 296 g/mol. The van der Waals surface area contributed by atoms with Crippen molar-refractivity contribution in [2.24, 2.45) is 5.73 Å². The second-order valence-corrected chi connectivity index (χ2v) is 6.26. The van der Waals surface area contributed by atoms with Gasteiger partial charge in [0.1, 0.15) is 6.10 Å². The van der Waals surface area contributed by atoms with Gasteiger partial charge in [0.05, 0.1) is 13.2 Å². The molecule has 116 valence electrons. The molecule has 1 aliphatic heterocycles. The SMILES string of the molecule is NC(CC(=O)N1CCOC(c2ccsc2)C1)c1ccccc1. The second-order valence-electron chi connectivity index (χ2n) is 5.48. The molecule has 4 nitrogen and oxygen atoms in total. The Labute approximate surface area is 134 Å². The Hall–Kier alpha value is -1.69. The molecule has 1 aliphatic rings. The number of hydrogen-bond acceptors (Lipinski definition) is 4. The molecule has 0 radical (unpaired) electrons. The molecule has 3 rings (SSSR count). The van der Waals surface area contributed by atoms with Crippen LogP contribution in [0.2, 0.25) is 0 Å². The lowest BCUT2D eigenvalue weighted by molar-refractivity contribution is -0.139. The maximum atomic E-state index is 12.5. The van der Waals surface area contributed by atoms with E-state index in [0.717, 1.165) is 11.1 Å². The van der Waals surface area contributed by atoms with Crippen LogP contribution in [0.15, 0.2) is 47.2 Å². The number of thiophene rings is 1. The summed E-state index contributed by atoms with van der Waals surface area (Å²) in [5.41, 5.74) is 8.30. The molecule has 0 spiro atoms. The predicted octanol–water partition coefficient (Wildman–Crippen LogP) is 2.74. The highest BCUT2D eigenvalue weighted by Crippen LogP contribution is 2.25. The standard InChI is InChI=1S/C17H20N2O2S/c18-15(13-4-2-1-3-5-13)10-17(20)19-7-8-21-16(11-19)14-6-9-22-12-14/h1-6,9,12,15-16H,7-8,10-11,18H2. The molecule has 1 aromatic carbocycles. The van der Waals surface area contributed by atoms with Crippen molar-refractivity contribution in [2.45, 2.75) is 18.6 Å². The van der Waals surface area contributed by atoms with Crippen molar-refractivity contribution in [3.8, 4) is 0 Å². The number of benzene rings is 1. The minimum atomic E-state index is -0.254. The average molecular weight is 316 g/mol. The summed E-state index contributed by atoms with van der Waals surface area (Å²) in [6.07, 6.45) is 0.317. The van der Waals surface area contributed by atoms with Gasteiger partial charge in [-0.3, -0.25) is 4.79 Å². The maximum absolute atomic E-state index is 12.5. The van der Waals surface area contributed by atoms with Crippen molar-refractivity contribution in [3.05, 3.63) is 58.3 Å². The van der Waals surface area contributed by atoms with Gasteiger partial charge < -0.3 is 15.4 Å². The topological polar surface area (TPSA) is 55.6 Å². The van der Waals surface area contributed by atoms with Crippen molar-refractivity contribution in [1.82, 2.24) is 4.90 Å². The number of morpholine rings is 1. The number of carbonyl (C=O) groups excluding carboxylic acids is 1. The zero-order valence-corrected chi connectivity index (χ0v) is 13.2. The van der Waals surface area contributed by atoms with Crippen LogP contribution in [0.3, 0.4) is 0 Å². The van der Waals surface area contributed by atoms with Crippen LogP contribution in [0.4, 0.5) is 0 Å². The quantitative estimate of drug-likeness (QED) is 0.943. The zero-order chi connectivity index (χ0) is 15.4. The molecular formula is C17H20N2O2S. The van der Waals surface area contributed by atoms with Gasteiger partial charge in [-0.1, -0.05) is 30.3 Å². The normalized spacial score (nSPS) is 19.9. The third-order valence-electron chi connectivity index (χ3n) is 3.96. The molecule has 1 fully saturated rings. The van der Waals surface area contributed by atoms with Crippen LogP contribution in [0.25, 0.3) is 0 Å².